The average molecular weight is 434 g/mol. The Morgan fingerprint density at radius 1 is 0.522 bits per heavy atom. The molecular weight excluding hydrogens is 430 g/mol. The van der Waals surface area contributed by atoms with Gasteiger partial charge in [0.1, 0.15) is 0 Å². The second kappa shape index (κ2) is 23.9. The summed E-state index contributed by atoms with van der Waals surface area (Å²) >= 11 is 0. The maximum Gasteiger partial charge on any atom is 3.00 e. The summed E-state index contributed by atoms with van der Waals surface area (Å²) in [6, 6.07) is 0. The van der Waals surface area contributed by atoms with Crippen molar-refractivity contribution in [2.75, 3.05) is 0 Å². The largest absolute Gasteiger partial charge is 3.00 e. The van der Waals surface area contributed by atoms with E-state index in [-0.39, 0.29) is 47.7 Å². The van der Waals surface area contributed by atoms with Gasteiger partial charge in [0, 0.05) is 31.2 Å². The van der Waals surface area contributed by atoms with Crippen LogP contribution in [0.15, 0.2) is 0 Å². The molecule has 0 unspecified atom stereocenters. The van der Waals surface area contributed by atoms with Crippen molar-refractivity contribution in [3.05, 3.63) is 0 Å². The maximum atomic E-state index is 8.52. The van der Waals surface area contributed by atoms with E-state index >= 15 is 0 Å². The van der Waals surface area contributed by atoms with Gasteiger partial charge in [0.2, 0.25) is 0 Å². The van der Waals surface area contributed by atoms with E-state index in [0.29, 0.717) is 0 Å². The Balaban J connectivity index is -0.0000000277. The van der Waals surface area contributed by atoms with E-state index in [0.717, 1.165) is 0 Å². The molecule has 0 aromatic carbocycles. The molecular formula is C2H4Al2O16S3. The van der Waals surface area contributed by atoms with Crippen LogP contribution in [0.5, 0.6) is 0 Å². The Kier molecular flexibility index (Phi) is 45.0. The normalized spacial score (nSPS) is 8.61. The van der Waals surface area contributed by atoms with E-state index in [1.165, 1.54) is 0 Å². The molecule has 0 aliphatic rings. The van der Waals surface area contributed by atoms with Crippen LogP contribution in [0.1, 0.15) is 0 Å². The van der Waals surface area contributed by atoms with Crippen molar-refractivity contribution in [1.29, 1.82) is 0 Å². The molecule has 0 amide bonds. The first-order chi connectivity index (χ1) is 8.83. The molecule has 0 spiro atoms. The fourth-order valence-corrected chi connectivity index (χ4v) is 0. The minimum absolute atomic E-state index is 0. The molecule has 16 nitrogen and oxygen atoms in total. The van der Waals surface area contributed by atoms with Crippen LogP contribution in [0.3, 0.4) is 0 Å². The number of hydrogen-bond acceptors (Lipinski definition) is 14. The van der Waals surface area contributed by atoms with Gasteiger partial charge < -0.3 is 37.5 Å². The molecule has 0 radical (unpaired) electrons. The van der Waals surface area contributed by atoms with E-state index in [1.54, 1.807) is 0 Å². The maximum absolute atomic E-state index is 8.52. The zero-order chi connectivity index (χ0) is 18.9. The van der Waals surface area contributed by atoms with Gasteiger partial charge in [-0.3, -0.25) is 34.8 Å². The summed E-state index contributed by atoms with van der Waals surface area (Å²) in [5, 5.41) is 13.8. The van der Waals surface area contributed by atoms with Gasteiger partial charge in [-0.25, -0.2) is 0 Å². The third-order valence-corrected chi connectivity index (χ3v) is 0. The van der Waals surface area contributed by atoms with Gasteiger partial charge >= 0.3 is 34.7 Å². The van der Waals surface area contributed by atoms with Crippen molar-refractivity contribution < 1.29 is 72.4 Å². The number of carboxylic acid groups (broad SMARTS) is 2. The molecule has 21 heteroatoms. The van der Waals surface area contributed by atoms with E-state index in [1.807, 2.05) is 0 Å². The monoisotopic (exact) mass is 434 g/mol. The van der Waals surface area contributed by atoms with Gasteiger partial charge in [0.05, 0.1) is 0 Å². The topological polar surface area (TPSA) is 315 Å². The molecule has 23 heavy (non-hydrogen) atoms. The molecule has 0 aliphatic carbocycles. The minimum atomic E-state index is -5.17. The van der Waals surface area contributed by atoms with Crippen molar-refractivity contribution in [2.45, 2.75) is 0 Å². The molecule has 0 fully saturated rings. The summed E-state index contributed by atoms with van der Waals surface area (Å²) in [6.45, 7) is -0.500. The third-order valence-electron chi connectivity index (χ3n) is 0. The quantitative estimate of drug-likeness (QED) is 0.155. The molecule has 2 N–H and O–H groups in total. The molecule has 0 aromatic rings. The Hall–Kier alpha value is -0.385. The summed E-state index contributed by atoms with van der Waals surface area (Å²) in [7, 11) is -15.5. The first-order valence-electron chi connectivity index (χ1n) is 2.99. The second-order valence-electron chi connectivity index (χ2n) is 1.44. The van der Waals surface area contributed by atoms with Gasteiger partial charge in [0.15, 0.2) is 0 Å². The fourth-order valence-electron chi connectivity index (χ4n) is 0. The molecule has 0 atom stereocenters. The molecule has 0 rings (SSSR count). The summed E-state index contributed by atoms with van der Waals surface area (Å²) in [5.74, 6) is 0. The van der Waals surface area contributed by atoms with Crippen LogP contribution in [0.2, 0.25) is 0 Å². The molecule has 0 bridgehead atoms. The molecule has 0 aliphatic heterocycles. The van der Waals surface area contributed by atoms with E-state index in [4.69, 9.17) is 72.4 Å². The minimum Gasteiger partial charge on any atom is -0.759 e. The SMILES string of the molecule is O=CO.O=CO.O=S(=O)([O-])[O-].O=S(=O)([O-])[O-].O=S(=O)([O-])[O-].[Al+3].[Al+3]. The van der Waals surface area contributed by atoms with Crippen LogP contribution in [-0.2, 0) is 40.8 Å². The summed E-state index contributed by atoms with van der Waals surface area (Å²) < 4.78 is 102. The van der Waals surface area contributed by atoms with Crippen molar-refractivity contribution >= 4 is 78.9 Å². The first-order valence-corrected chi connectivity index (χ1v) is 6.99. The summed E-state index contributed by atoms with van der Waals surface area (Å²) in [5.41, 5.74) is 0. The van der Waals surface area contributed by atoms with Crippen LogP contribution in [-0.4, -0.2) is 110 Å². The predicted molar refractivity (Wildman–Crippen MR) is 60.3 cm³/mol. The molecule has 0 saturated carbocycles. The predicted octanol–water partition coefficient (Wildman–Crippen LogP) is -5.37. The summed E-state index contributed by atoms with van der Waals surface area (Å²) in [4.78, 5) is 16.7. The molecule has 0 aromatic heterocycles. The van der Waals surface area contributed by atoms with Crippen LogP contribution in [0.25, 0.3) is 0 Å². The Morgan fingerprint density at radius 3 is 0.522 bits per heavy atom. The molecule has 0 heterocycles. The number of hydrogen-bond donors (Lipinski definition) is 2. The van der Waals surface area contributed by atoms with Crippen LogP contribution < -0.4 is 0 Å². The van der Waals surface area contributed by atoms with Crippen molar-refractivity contribution in [2.24, 2.45) is 0 Å². The van der Waals surface area contributed by atoms with Gasteiger partial charge in [-0.2, -0.15) is 0 Å². The van der Waals surface area contributed by atoms with E-state index < -0.39 is 31.2 Å². The first kappa shape index (κ1) is 43.3. The van der Waals surface area contributed by atoms with Crippen molar-refractivity contribution in [3.63, 3.8) is 0 Å². The summed E-state index contributed by atoms with van der Waals surface area (Å²) in [6.07, 6.45) is 0. The second-order valence-corrected chi connectivity index (χ2v) is 3.89. The molecule has 132 valence electrons. The van der Waals surface area contributed by atoms with Crippen molar-refractivity contribution in [1.82, 2.24) is 0 Å². The standard InChI is InChI=1S/2CH2O2.2Al.3H2O4S/c2*2-1-3;;;3*1-5(2,3)4/h2*1H,(H,2,3);;;3*(H2,1,2,3,4)/q;;2*+3;;;/p-6. The van der Waals surface area contributed by atoms with Crippen LogP contribution in [0, 0.1) is 0 Å². The van der Waals surface area contributed by atoms with Gasteiger partial charge in [-0.15, -0.1) is 0 Å². The fraction of sp³-hybridized carbons (Fsp3) is 0. The zero-order valence-corrected chi connectivity index (χ0v) is 14.9. The molecule has 0 saturated heterocycles. The van der Waals surface area contributed by atoms with Gasteiger partial charge in [-0.1, -0.05) is 0 Å². The third kappa shape index (κ3) is 56100. The Labute approximate surface area is 151 Å². The van der Waals surface area contributed by atoms with E-state index in [9.17, 15) is 0 Å². The Bertz CT molecular complexity index is 427. The van der Waals surface area contributed by atoms with Crippen LogP contribution in [0.4, 0.5) is 0 Å². The number of carbonyl (C=O) groups is 2. The number of rotatable bonds is 0. The smallest absolute Gasteiger partial charge is 0.759 e. The zero-order valence-electron chi connectivity index (χ0n) is 10.1. The average Bonchev–Trinajstić information content (AvgIpc) is 1.93. The van der Waals surface area contributed by atoms with Gasteiger partial charge in [0.25, 0.3) is 12.9 Å². The van der Waals surface area contributed by atoms with E-state index in [2.05, 4.69) is 0 Å². The van der Waals surface area contributed by atoms with Crippen LogP contribution >= 0.6 is 0 Å². The Morgan fingerprint density at radius 2 is 0.522 bits per heavy atom. The van der Waals surface area contributed by atoms with Crippen molar-refractivity contribution in [3.8, 4) is 0 Å². The van der Waals surface area contributed by atoms with Gasteiger partial charge in [-0.05, 0) is 0 Å².